The number of rotatable bonds is 10. The van der Waals surface area contributed by atoms with Crippen LogP contribution in [-0.4, -0.2) is 58.3 Å². The van der Waals surface area contributed by atoms with E-state index in [-0.39, 0.29) is 6.42 Å². The Hall–Kier alpha value is 0.439. The number of aliphatic hydroxyl groups excluding tert-OH is 1. The van der Waals surface area contributed by atoms with Crippen molar-refractivity contribution in [1.29, 1.82) is 0 Å². The molecule has 0 aliphatic heterocycles. The summed E-state index contributed by atoms with van der Waals surface area (Å²) in [4.78, 5) is 0. The molecule has 153 valence electrons. The van der Waals surface area contributed by atoms with Crippen LogP contribution in [0.4, 0.5) is 17.6 Å². The van der Waals surface area contributed by atoms with Gasteiger partial charge < -0.3 is 5.11 Å². The Labute approximate surface area is 168 Å². The molecule has 7 heteroatoms. The Balaban J connectivity index is 2.47. The molecule has 1 fully saturated rings. The molecular formula is C19H33F4O2Sn. The van der Waals surface area contributed by atoms with Gasteiger partial charge in [0.15, 0.2) is 6.17 Å². The van der Waals surface area contributed by atoms with Gasteiger partial charge in [-0.15, -0.1) is 0 Å². The number of halogens is 4. The van der Waals surface area contributed by atoms with Crippen LogP contribution in [0.5, 0.6) is 0 Å². The molecule has 1 N–H and O–H groups in total. The maximum absolute atomic E-state index is 14.3. The first-order valence-electron chi connectivity index (χ1n) is 9.68. The van der Waals surface area contributed by atoms with E-state index < -0.39 is 36.6 Å². The Morgan fingerprint density at radius 2 is 1.54 bits per heavy atom. The molecule has 1 rings (SSSR count). The molecule has 3 radical (unpaired) electrons. The topological polar surface area (TPSA) is 29.5 Å². The molecule has 2 nitrogen and oxygen atoms in total. The fourth-order valence-electron chi connectivity index (χ4n) is 3.56. The van der Waals surface area contributed by atoms with Crippen LogP contribution in [0.25, 0.3) is 0 Å². The van der Waals surface area contributed by atoms with E-state index in [2.05, 4.69) is 11.7 Å². The van der Waals surface area contributed by atoms with Crippen molar-refractivity contribution >= 4 is 22.5 Å². The molecule has 0 bridgehead atoms. The van der Waals surface area contributed by atoms with Crippen molar-refractivity contribution in [2.24, 2.45) is 17.8 Å². The van der Waals surface area contributed by atoms with Crippen LogP contribution in [-0.2, 0) is 4.74 Å². The second-order valence-corrected chi connectivity index (χ2v) is 10.4. The average Bonchev–Trinajstić information content (AvgIpc) is 2.57. The van der Waals surface area contributed by atoms with Crippen LogP contribution >= 0.6 is 0 Å². The van der Waals surface area contributed by atoms with Crippen molar-refractivity contribution in [2.75, 3.05) is 0 Å². The summed E-state index contributed by atoms with van der Waals surface area (Å²) >= 11 is 1.59. The molecular weight excluding hydrogens is 455 g/mol. The summed E-state index contributed by atoms with van der Waals surface area (Å²) in [5.41, 5.74) is 0. The normalized spacial score (nSPS) is 28.8. The Morgan fingerprint density at radius 3 is 2.04 bits per heavy atom. The number of aliphatic hydroxyl groups is 1. The molecule has 0 aromatic carbocycles. The van der Waals surface area contributed by atoms with E-state index in [1.807, 2.05) is 0 Å². The van der Waals surface area contributed by atoms with Crippen molar-refractivity contribution in [2.45, 2.75) is 101 Å². The molecule has 0 heterocycles. The van der Waals surface area contributed by atoms with E-state index >= 15 is 0 Å². The summed E-state index contributed by atoms with van der Waals surface area (Å²) in [6.45, 7) is 5.67. The van der Waals surface area contributed by atoms with E-state index in [1.54, 1.807) is 22.5 Å². The monoisotopic (exact) mass is 489 g/mol. The minimum absolute atomic E-state index is 0.283. The first-order chi connectivity index (χ1) is 12.0. The molecule has 6 unspecified atom stereocenters. The average molecular weight is 488 g/mol. The molecule has 0 spiro atoms. The number of ether oxygens (including phenoxy) is 1. The Kier molecular flexibility index (Phi) is 10.2. The van der Waals surface area contributed by atoms with Crippen LogP contribution in [0.15, 0.2) is 0 Å². The molecule has 0 saturated heterocycles. The number of hydrogen-bond donors (Lipinski definition) is 1. The van der Waals surface area contributed by atoms with Crippen molar-refractivity contribution < 1.29 is 27.4 Å². The SMILES string of the molecule is CC(O)C(F)C(F)C(C)OC(F)(F)C(C)CCC(C)C1CC[CH]([Sn])CC1. The second kappa shape index (κ2) is 10.8. The van der Waals surface area contributed by atoms with E-state index in [9.17, 15) is 17.6 Å². The third kappa shape index (κ3) is 7.45. The summed E-state index contributed by atoms with van der Waals surface area (Å²) in [5, 5.41) is 9.08. The fraction of sp³-hybridized carbons (Fsp3) is 1.00. The second-order valence-electron chi connectivity index (χ2n) is 8.08. The van der Waals surface area contributed by atoms with Gasteiger partial charge in [-0.1, -0.05) is 0 Å². The van der Waals surface area contributed by atoms with Crippen molar-refractivity contribution in [3.05, 3.63) is 0 Å². The molecule has 0 aromatic rings. The van der Waals surface area contributed by atoms with Gasteiger partial charge in [0.25, 0.3) is 0 Å². The first-order valence-corrected chi connectivity index (χ1v) is 11.3. The van der Waals surface area contributed by atoms with Crippen molar-refractivity contribution in [1.82, 2.24) is 0 Å². The van der Waals surface area contributed by atoms with E-state index in [0.29, 0.717) is 18.3 Å². The van der Waals surface area contributed by atoms with Gasteiger partial charge in [-0.25, -0.2) is 8.78 Å². The summed E-state index contributed by atoms with van der Waals surface area (Å²) < 4.78 is 61.3. The van der Waals surface area contributed by atoms with Gasteiger partial charge in [0.2, 0.25) is 0 Å². The van der Waals surface area contributed by atoms with Crippen LogP contribution in [0, 0.1) is 17.8 Å². The van der Waals surface area contributed by atoms with Crippen LogP contribution < -0.4 is 0 Å². The number of alkyl halides is 4. The van der Waals surface area contributed by atoms with Crippen LogP contribution in [0.1, 0.15) is 66.2 Å². The zero-order valence-corrected chi connectivity index (χ0v) is 19.1. The summed E-state index contributed by atoms with van der Waals surface area (Å²) in [7, 11) is 0. The third-order valence-corrected chi connectivity index (χ3v) is 7.41. The molecule has 1 aliphatic carbocycles. The third-order valence-electron chi connectivity index (χ3n) is 5.76. The molecule has 0 amide bonds. The maximum atomic E-state index is 14.3. The quantitative estimate of drug-likeness (QED) is 0.337. The van der Waals surface area contributed by atoms with Gasteiger partial charge >= 0.3 is 135 Å². The predicted molar refractivity (Wildman–Crippen MR) is 96.0 cm³/mol. The van der Waals surface area contributed by atoms with E-state index in [4.69, 9.17) is 5.11 Å². The molecule has 0 aromatic heterocycles. The first kappa shape index (κ1) is 24.5. The van der Waals surface area contributed by atoms with E-state index in [0.717, 1.165) is 17.8 Å². The van der Waals surface area contributed by atoms with Gasteiger partial charge in [-0.05, 0) is 6.92 Å². The van der Waals surface area contributed by atoms with Gasteiger partial charge in [0.05, 0.1) is 6.10 Å². The summed E-state index contributed by atoms with van der Waals surface area (Å²) in [6, 6.07) is 0. The van der Waals surface area contributed by atoms with Crippen molar-refractivity contribution in [3.8, 4) is 0 Å². The van der Waals surface area contributed by atoms with Gasteiger partial charge in [-0.2, -0.15) is 0 Å². The minimum atomic E-state index is -3.52. The number of hydrogen-bond acceptors (Lipinski definition) is 2. The molecule has 1 aliphatic rings. The predicted octanol–water partition coefficient (Wildman–Crippen LogP) is 5.24. The van der Waals surface area contributed by atoms with E-state index in [1.165, 1.54) is 32.6 Å². The van der Waals surface area contributed by atoms with Crippen LogP contribution in [0.2, 0.25) is 3.93 Å². The Morgan fingerprint density at radius 1 is 1.00 bits per heavy atom. The zero-order valence-electron chi connectivity index (χ0n) is 16.2. The van der Waals surface area contributed by atoms with Gasteiger partial charge in [0.1, 0.15) is 0 Å². The van der Waals surface area contributed by atoms with Gasteiger partial charge in [-0.3, -0.25) is 0 Å². The van der Waals surface area contributed by atoms with Gasteiger partial charge in [0, 0.05) is 0 Å². The zero-order chi connectivity index (χ0) is 20.1. The molecule has 6 atom stereocenters. The molecule has 26 heavy (non-hydrogen) atoms. The van der Waals surface area contributed by atoms with Crippen LogP contribution in [0.3, 0.4) is 0 Å². The summed E-state index contributed by atoms with van der Waals surface area (Å²) in [6.07, 6.45) is -5.45. The molecule has 1 saturated carbocycles. The Bertz CT molecular complexity index is 403. The van der Waals surface area contributed by atoms with Crippen molar-refractivity contribution in [3.63, 3.8) is 0 Å². The summed E-state index contributed by atoms with van der Waals surface area (Å²) in [5.74, 6) is -0.0918. The standard InChI is InChI=1S/C19H33F4O2.Sn/c1-12(16-8-6-5-7-9-16)10-11-13(2)19(22,23)25-15(4)18(21)17(20)14(3)24;/h5,12-18,24H,6-11H2,1-4H3;. The fourth-order valence-corrected chi connectivity index (χ4v) is 4.51.